The van der Waals surface area contributed by atoms with Crippen molar-refractivity contribution in [2.75, 3.05) is 40.3 Å². The second-order valence-electron chi connectivity index (χ2n) is 6.48. The summed E-state index contributed by atoms with van der Waals surface area (Å²) < 4.78 is 36.6. The Hall–Kier alpha value is -2.26. The highest BCUT2D eigenvalue weighted by Gasteiger charge is 2.51. The third kappa shape index (κ3) is 3.74. The molecule has 2 aliphatic heterocycles. The van der Waals surface area contributed by atoms with Crippen molar-refractivity contribution < 1.29 is 26.8 Å². The first-order valence-corrected chi connectivity index (χ1v) is 9.48. The molecule has 1 aromatic heterocycles. The van der Waals surface area contributed by atoms with Crippen LogP contribution in [0.4, 0.5) is 9.59 Å². The average molecular weight is 403 g/mol. The van der Waals surface area contributed by atoms with Gasteiger partial charge in [0.15, 0.2) is 0 Å². The third-order valence-corrected chi connectivity index (χ3v) is 4.70. The van der Waals surface area contributed by atoms with Crippen LogP contribution in [0.3, 0.4) is 0 Å². The second kappa shape index (κ2) is 7.05. The predicted octanol–water partition coefficient (Wildman–Crippen LogP) is -1.47. The first-order valence-electron chi connectivity index (χ1n) is 8.11. The monoisotopic (exact) mass is 403 g/mol. The topological polar surface area (TPSA) is 163 Å². The molecule has 1 fully saturated rings. The van der Waals surface area contributed by atoms with Crippen molar-refractivity contribution >= 4 is 22.5 Å². The fourth-order valence-corrected chi connectivity index (χ4v) is 3.51. The number of aromatic nitrogens is 2. The van der Waals surface area contributed by atoms with Crippen LogP contribution in [0.25, 0.3) is 0 Å². The van der Waals surface area contributed by atoms with Crippen molar-refractivity contribution in [2.24, 2.45) is 5.73 Å². The molecule has 1 saturated heterocycles. The van der Waals surface area contributed by atoms with Crippen molar-refractivity contribution in [3.8, 4) is 0 Å². The van der Waals surface area contributed by atoms with Gasteiger partial charge in [0, 0.05) is 31.4 Å². The smallest absolute Gasteiger partial charge is 0.335 e. The number of fused-ring (bicyclic) bond motifs is 4. The number of carbonyl (C=O) groups is 2. The molecule has 2 aliphatic rings. The van der Waals surface area contributed by atoms with Gasteiger partial charge in [0.1, 0.15) is 6.04 Å². The Labute approximate surface area is 155 Å². The van der Waals surface area contributed by atoms with E-state index in [1.165, 1.54) is 11.1 Å². The van der Waals surface area contributed by atoms with E-state index in [0.29, 0.717) is 29.4 Å². The minimum absolute atomic E-state index is 0.0183. The molecule has 0 saturated carbocycles. The van der Waals surface area contributed by atoms with Crippen LogP contribution in [0.1, 0.15) is 23.3 Å². The van der Waals surface area contributed by atoms with Gasteiger partial charge in [0.25, 0.3) is 0 Å². The molecule has 0 aliphatic carbocycles. The van der Waals surface area contributed by atoms with E-state index in [0.717, 1.165) is 4.68 Å². The molecule has 2 bridgehead atoms. The van der Waals surface area contributed by atoms with Crippen molar-refractivity contribution in [3.63, 3.8) is 0 Å². The van der Waals surface area contributed by atoms with Crippen LogP contribution in [-0.4, -0.2) is 90.0 Å². The molecule has 2 atom stereocenters. The molecule has 3 rings (SSSR count). The maximum atomic E-state index is 12.4. The molecule has 3 amide bonds. The summed E-state index contributed by atoms with van der Waals surface area (Å²) in [6.45, 7) is 1.16. The molecule has 1 aromatic rings. The lowest BCUT2D eigenvalue weighted by molar-refractivity contribution is -0.0317. The number of nitrogens with zero attached hydrogens (tertiary/aromatic N) is 5. The molecular formula is C13H21N7O6S. The highest BCUT2D eigenvalue weighted by Crippen LogP contribution is 2.43. The van der Waals surface area contributed by atoms with Crippen LogP contribution < -0.4 is 11.1 Å². The van der Waals surface area contributed by atoms with E-state index < -0.39 is 34.5 Å². The molecule has 27 heavy (non-hydrogen) atoms. The summed E-state index contributed by atoms with van der Waals surface area (Å²) in [4.78, 5) is 27.9. The highest BCUT2D eigenvalue weighted by molar-refractivity contribution is 7.80. The molecule has 4 N–H and O–H groups in total. The Morgan fingerprint density at radius 3 is 2.81 bits per heavy atom. The van der Waals surface area contributed by atoms with Gasteiger partial charge >= 0.3 is 22.5 Å². The molecule has 3 heterocycles. The third-order valence-electron chi connectivity index (χ3n) is 4.35. The molecule has 0 radical (unpaired) electrons. The van der Waals surface area contributed by atoms with Crippen LogP contribution >= 0.6 is 0 Å². The molecule has 0 unspecified atom stereocenters. The Bertz CT molecular complexity index is 853. The molecule has 13 nitrogen and oxygen atoms in total. The van der Waals surface area contributed by atoms with Crippen LogP contribution in [0.2, 0.25) is 0 Å². The van der Waals surface area contributed by atoms with Gasteiger partial charge in [-0.3, -0.25) is 4.55 Å². The number of nitrogens with two attached hydrogens (primary N) is 1. The number of hydrogen-bond donors (Lipinski definition) is 3. The van der Waals surface area contributed by atoms with Gasteiger partial charge in [-0.25, -0.2) is 9.59 Å². The Morgan fingerprint density at radius 1 is 1.52 bits per heavy atom. The SMILES string of the molecule is CN(C)CCNC(=O)n1cc2c(n1)[C@@H](CN)N1C[C@H]2N(OS(=O)(=O)O)C1=O. The van der Waals surface area contributed by atoms with Crippen molar-refractivity contribution in [2.45, 2.75) is 12.1 Å². The number of rotatable bonds is 6. The fraction of sp³-hybridized carbons (Fsp3) is 0.615. The predicted molar refractivity (Wildman–Crippen MR) is 90.7 cm³/mol. The van der Waals surface area contributed by atoms with E-state index in [2.05, 4.69) is 14.7 Å². The van der Waals surface area contributed by atoms with Gasteiger partial charge in [-0.2, -0.15) is 23.3 Å². The molecule has 150 valence electrons. The standard InChI is InChI=1S/C13H21N7O6S/c1-17(2)4-3-15-12(21)19-6-8-10-7-18(9(5-14)11(8)16-19)13(22)20(10)26-27(23,24)25/h6,9-10H,3-5,7,14H2,1-2H3,(H,15,21)(H,23,24,25)/t9-,10-/m1/s1. The Kier molecular flexibility index (Phi) is 5.09. The maximum absolute atomic E-state index is 12.4. The van der Waals surface area contributed by atoms with Crippen molar-refractivity contribution in [1.29, 1.82) is 0 Å². The van der Waals surface area contributed by atoms with Crippen LogP contribution in [-0.2, 0) is 14.7 Å². The summed E-state index contributed by atoms with van der Waals surface area (Å²) in [6, 6.07) is -2.72. The van der Waals surface area contributed by atoms with E-state index >= 15 is 0 Å². The number of hydroxylamine groups is 2. The zero-order valence-electron chi connectivity index (χ0n) is 14.8. The number of nitrogens with one attached hydrogen (secondary N) is 1. The highest BCUT2D eigenvalue weighted by atomic mass is 32.3. The zero-order valence-corrected chi connectivity index (χ0v) is 15.6. The normalized spacial score (nSPS) is 21.7. The summed E-state index contributed by atoms with van der Waals surface area (Å²) in [6.07, 6.45) is 1.41. The van der Waals surface area contributed by atoms with Crippen molar-refractivity contribution in [1.82, 2.24) is 30.0 Å². The van der Waals surface area contributed by atoms with Gasteiger partial charge in [0.05, 0.1) is 18.3 Å². The first kappa shape index (κ1) is 19.5. The number of carbonyl (C=O) groups excluding carboxylic acids is 2. The van der Waals surface area contributed by atoms with Gasteiger partial charge in [-0.15, -0.1) is 4.28 Å². The number of urea groups is 1. The van der Waals surface area contributed by atoms with Crippen LogP contribution in [0.15, 0.2) is 6.20 Å². The quantitative estimate of drug-likeness (QED) is 0.481. The van der Waals surface area contributed by atoms with Crippen molar-refractivity contribution in [3.05, 3.63) is 17.5 Å². The maximum Gasteiger partial charge on any atom is 0.418 e. The van der Waals surface area contributed by atoms with Gasteiger partial charge in [-0.05, 0) is 14.1 Å². The molecule has 0 aromatic carbocycles. The van der Waals surface area contributed by atoms with Crippen LogP contribution in [0, 0.1) is 0 Å². The Morgan fingerprint density at radius 2 is 2.22 bits per heavy atom. The minimum atomic E-state index is -4.90. The van der Waals surface area contributed by atoms with Crippen LogP contribution in [0.5, 0.6) is 0 Å². The summed E-state index contributed by atoms with van der Waals surface area (Å²) in [5.41, 5.74) is 6.57. The van der Waals surface area contributed by atoms with E-state index in [-0.39, 0.29) is 13.1 Å². The lowest BCUT2D eigenvalue weighted by atomic mass is 9.98. The largest absolute Gasteiger partial charge is 0.418 e. The lowest BCUT2D eigenvalue weighted by Crippen LogP contribution is -2.39. The number of hydrogen-bond acceptors (Lipinski definition) is 8. The number of likely N-dealkylation sites (N-methyl/N-ethyl adjacent to an activating group) is 1. The lowest BCUT2D eigenvalue weighted by Gasteiger charge is -2.28. The van der Waals surface area contributed by atoms with Gasteiger partial charge < -0.3 is 20.9 Å². The summed E-state index contributed by atoms with van der Waals surface area (Å²) in [5.74, 6) is 0. The van der Waals surface area contributed by atoms with E-state index in [1.807, 2.05) is 19.0 Å². The fourth-order valence-electron chi connectivity index (χ4n) is 3.14. The summed E-state index contributed by atoms with van der Waals surface area (Å²) in [7, 11) is -1.16. The summed E-state index contributed by atoms with van der Waals surface area (Å²) in [5, 5.41) is 7.49. The minimum Gasteiger partial charge on any atom is -0.335 e. The number of amides is 3. The van der Waals surface area contributed by atoms with Gasteiger partial charge in [-0.1, -0.05) is 0 Å². The van der Waals surface area contributed by atoms with E-state index in [4.69, 9.17) is 10.3 Å². The van der Waals surface area contributed by atoms with E-state index in [1.54, 1.807) is 0 Å². The zero-order chi connectivity index (χ0) is 19.9. The average Bonchev–Trinajstić information content (AvgIpc) is 3.11. The van der Waals surface area contributed by atoms with E-state index in [9.17, 15) is 18.0 Å². The molecule has 0 spiro atoms. The molecular weight excluding hydrogens is 382 g/mol. The first-order chi connectivity index (χ1) is 12.6. The Balaban J connectivity index is 1.88. The van der Waals surface area contributed by atoms with Gasteiger partial charge in [0.2, 0.25) is 0 Å². The molecule has 14 heteroatoms. The summed E-state index contributed by atoms with van der Waals surface area (Å²) >= 11 is 0. The second-order valence-corrected chi connectivity index (χ2v) is 7.48.